The monoisotopic (exact) mass is 523 g/mol. The topological polar surface area (TPSA) is 131 Å². The Kier molecular flexibility index (Phi) is 7.26. The number of aromatic nitrogens is 3. The van der Waals surface area contributed by atoms with E-state index in [4.69, 9.17) is 0 Å². The third-order valence-electron chi connectivity index (χ3n) is 6.25. The number of carbonyl (C=O) groups is 2. The van der Waals surface area contributed by atoms with Crippen LogP contribution in [0.3, 0.4) is 0 Å². The van der Waals surface area contributed by atoms with Crippen molar-refractivity contribution in [2.24, 2.45) is 5.92 Å². The van der Waals surface area contributed by atoms with Gasteiger partial charge in [-0.15, -0.1) is 0 Å². The Labute approximate surface area is 216 Å². The molecule has 1 aliphatic rings. The molecule has 194 valence electrons. The number of amides is 1. The summed E-state index contributed by atoms with van der Waals surface area (Å²) in [6, 6.07) is 10.9. The van der Waals surface area contributed by atoms with E-state index in [-0.39, 0.29) is 22.5 Å². The van der Waals surface area contributed by atoms with Gasteiger partial charge in [0.2, 0.25) is 0 Å². The van der Waals surface area contributed by atoms with E-state index in [0.717, 1.165) is 13.0 Å². The molecule has 1 unspecified atom stereocenters. The maximum absolute atomic E-state index is 13.2. The molecule has 0 aromatic carbocycles. The van der Waals surface area contributed by atoms with E-state index < -0.39 is 21.9 Å². The molecule has 10 nitrogen and oxygen atoms in total. The second-order valence-electron chi connectivity index (χ2n) is 9.72. The minimum Gasteiger partial charge on any atom is -0.465 e. The van der Waals surface area contributed by atoms with Crippen LogP contribution in [0, 0.1) is 5.92 Å². The van der Waals surface area contributed by atoms with E-state index in [1.807, 2.05) is 0 Å². The summed E-state index contributed by atoms with van der Waals surface area (Å²) < 4.78 is 33.0. The van der Waals surface area contributed by atoms with Gasteiger partial charge in [0.15, 0.2) is 5.03 Å². The van der Waals surface area contributed by atoms with Crippen LogP contribution in [0.25, 0.3) is 0 Å². The number of ether oxygens (including phenoxy) is 1. The quantitative estimate of drug-likeness (QED) is 0.464. The molecule has 0 bridgehead atoms. The lowest BCUT2D eigenvalue weighted by atomic mass is 9.97. The van der Waals surface area contributed by atoms with Crippen molar-refractivity contribution in [3.63, 3.8) is 0 Å². The van der Waals surface area contributed by atoms with Gasteiger partial charge in [0.1, 0.15) is 5.82 Å². The minimum atomic E-state index is -4.26. The number of hydrogen-bond donors (Lipinski definition) is 1. The number of methoxy groups -OCH3 is 1. The average molecular weight is 524 g/mol. The van der Waals surface area contributed by atoms with Gasteiger partial charge in [-0.1, -0.05) is 13.0 Å². The standard InChI is InChI=1S/C26H29N5O5S/c1-17-14-26(2,3)31(16-17)23-21(8-6-12-27-23)24(32)30-37(34,35)22-9-5-7-20(29-22)13-19-11-10-18(15-28-19)25(33)36-4/h5-12,15,17H,13-14,16H2,1-4H3,(H,30,32). The van der Waals surface area contributed by atoms with Crippen molar-refractivity contribution in [3.05, 3.63) is 77.4 Å². The van der Waals surface area contributed by atoms with Gasteiger partial charge in [-0.05, 0) is 62.6 Å². The van der Waals surface area contributed by atoms with Gasteiger partial charge < -0.3 is 9.64 Å². The maximum Gasteiger partial charge on any atom is 0.339 e. The number of anilines is 1. The zero-order valence-electron chi connectivity index (χ0n) is 21.1. The Hall–Kier alpha value is -3.86. The third kappa shape index (κ3) is 5.77. The summed E-state index contributed by atoms with van der Waals surface area (Å²) in [4.78, 5) is 39.7. The summed E-state index contributed by atoms with van der Waals surface area (Å²) in [5, 5.41) is -0.287. The summed E-state index contributed by atoms with van der Waals surface area (Å²) in [5.74, 6) is -0.409. The number of sulfonamides is 1. The molecule has 0 radical (unpaired) electrons. The Morgan fingerprint density at radius 1 is 1.11 bits per heavy atom. The van der Waals surface area contributed by atoms with Crippen LogP contribution in [-0.2, 0) is 21.2 Å². The number of nitrogens with one attached hydrogen (secondary N) is 1. The van der Waals surface area contributed by atoms with Crippen LogP contribution in [0.2, 0.25) is 0 Å². The fourth-order valence-corrected chi connectivity index (χ4v) is 5.59. The molecule has 1 aliphatic heterocycles. The number of rotatable bonds is 7. The van der Waals surface area contributed by atoms with Crippen molar-refractivity contribution >= 4 is 27.7 Å². The third-order valence-corrected chi connectivity index (χ3v) is 7.48. The molecule has 1 fully saturated rings. The highest BCUT2D eigenvalue weighted by atomic mass is 32.2. The van der Waals surface area contributed by atoms with Gasteiger partial charge in [0.05, 0.1) is 18.2 Å². The molecule has 1 saturated heterocycles. The first-order chi connectivity index (χ1) is 17.5. The molecule has 11 heteroatoms. The molecular formula is C26H29N5O5S. The molecule has 4 rings (SSSR count). The summed E-state index contributed by atoms with van der Waals surface area (Å²) in [6.07, 6.45) is 4.14. The van der Waals surface area contributed by atoms with Gasteiger partial charge >= 0.3 is 5.97 Å². The highest BCUT2D eigenvalue weighted by Crippen LogP contribution is 2.37. The molecule has 0 saturated carbocycles. The second-order valence-corrected chi connectivity index (χ2v) is 11.3. The van der Waals surface area contributed by atoms with Crippen molar-refractivity contribution in [2.45, 2.75) is 44.2 Å². The first-order valence-electron chi connectivity index (χ1n) is 11.8. The largest absolute Gasteiger partial charge is 0.465 e. The van der Waals surface area contributed by atoms with Crippen LogP contribution >= 0.6 is 0 Å². The highest BCUT2D eigenvalue weighted by molar-refractivity contribution is 7.90. The van der Waals surface area contributed by atoms with Crippen LogP contribution in [0.4, 0.5) is 5.82 Å². The molecule has 1 amide bonds. The molecule has 1 N–H and O–H groups in total. The second kappa shape index (κ2) is 10.3. The Morgan fingerprint density at radius 2 is 1.89 bits per heavy atom. The molecule has 0 spiro atoms. The predicted octanol–water partition coefficient (Wildman–Crippen LogP) is 2.99. The lowest BCUT2D eigenvalue weighted by Crippen LogP contribution is -2.41. The van der Waals surface area contributed by atoms with Crippen LogP contribution in [0.1, 0.15) is 59.3 Å². The Bertz CT molecular complexity index is 1420. The molecule has 0 aliphatic carbocycles. The lowest BCUT2D eigenvalue weighted by Gasteiger charge is -2.33. The average Bonchev–Trinajstić information content (AvgIpc) is 3.15. The number of pyridine rings is 3. The van der Waals surface area contributed by atoms with Crippen molar-refractivity contribution in [2.75, 3.05) is 18.6 Å². The number of nitrogens with zero attached hydrogens (tertiary/aromatic N) is 4. The van der Waals surface area contributed by atoms with Crippen molar-refractivity contribution < 1.29 is 22.7 Å². The van der Waals surface area contributed by atoms with E-state index in [0.29, 0.717) is 28.7 Å². The molecular weight excluding hydrogens is 494 g/mol. The van der Waals surface area contributed by atoms with Gasteiger partial charge in [-0.2, -0.15) is 8.42 Å². The molecule has 4 heterocycles. The maximum atomic E-state index is 13.2. The van der Waals surface area contributed by atoms with Crippen molar-refractivity contribution in [1.29, 1.82) is 0 Å². The van der Waals surface area contributed by atoms with E-state index >= 15 is 0 Å². The summed E-state index contributed by atoms with van der Waals surface area (Å²) in [6.45, 7) is 7.01. The molecule has 37 heavy (non-hydrogen) atoms. The molecule has 1 atom stereocenters. The minimum absolute atomic E-state index is 0.180. The van der Waals surface area contributed by atoms with Crippen molar-refractivity contribution in [1.82, 2.24) is 19.7 Å². The van der Waals surface area contributed by atoms with Crippen LogP contribution < -0.4 is 9.62 Å². The number of carbonyl (C=O) groups excluding carboxylic acids is 2. The van der Waals surface area contributed by atoms with Gasteiger partial charge in [0.25, 0.3) is 15.9 Å². The highest BCUT2D eigenvalue weighted by Gasteiger charge is 2.39. The molecule has 3 aromatic heterocycles. The summed E-state index contributed by atoms with van der Waals surface area (Å²) >= 11 is 0. The zero-order valence-corrected chi connectivity index (χ0v) is 21.9. The van der Waals surface area contributed by atoms with E-state index in [1.165, 1.54) is 19.4 Å². The van der Waals surface area contributed by atoms with Gasteiger partial charge in [-0.3, -0.25) is 9.78 Å². The van der Waals surface area contributed by atoms with Crippen molar-refractivity contribution in [3.8, 4) is 0 Å². The Balaban J connectivity index is 1.53. The van der Waals surface area contributed by atoms with E-state index in [2.05, 4.69) is 50.1 Å². The zero-order chi connectivity index (χ0) is 26.8. The van der Waals surface area contributed by atoms with Crippen LogP contribution in [-0.4, -0.2) is 54.4 Å². The van der Waals surface area contributed by atoms with Crippen LogP contribution in [0.5, 0.6) is 0 Å². The number of esters is 1. The normalized spacial score (nSPS) is 16.9. The van der Waals surface area contributed by atoms with Gasteiger partial charge in [-0.25, -0.2) is 19.5 Å². The first kappa shape index (κ1) is 26.2. The molecule has 3 aromatic rings. The van der Waals surface area contributed by atoms with E-state index in [9.17, 15) is 18.0 Å². The lowest BCUT2D eigenvalue weighted by molar-refractivity contribution is 0.0600. The summed E-state index contributed by atoms with van der Waals surface area (Å²) in [5.41, 5.74) is 1.28. The van der Waals surface area contributed by atoms with Gasteiger partial charge in [0, 0.05) is 42.3 Å². The first-order valence-corrected chi connectivity index (χ1v) is 13.3. The van der Waals surface area contributed by atoms with E-state index in [1.54, 1.807) is 42.6 Å². The fourth-order valence-electron chi connectivity index (χ4n) is 4.64. The predicted molar refractivity (Wildman–Crippen MR) is 137 cm³/mol. The Morgan fingerprint density at radius 3 is 2.54 bits per heavy atom. The SMILES string of the molecule is COC(=O)c1ccc(Cc2cccc(S(=O)(=O)NC(=O)c3cccnc3N3CC(C)CC3(C)C)n2)nc1. The fraction of sp³-hybridized carbons (Fsp3) is 0.346. The summed E-state index contributed by atoms with van der Waals surface area (Å²) in [7, 11) is -2.98. The number of hydrogen-bond acceptors (Lipinski definition) is 9. The van der Waals surface area contributed by atoms with Crippen LogP contribution in [0.15, 0.2) is 59.9 Å². The smallest absolute Gasteiger partial charge is 0.339 e.